The van der Waals surface area contributed by atoms with Crippen molar-refractivity contribution in [2.75, 3.05) is 0 Å². The lowest BCUT2D eigenvalue weighted by Gasteiger charge is -2.09. The number of phenols is 1. The topological polar surface area (TPSA) is 94.2 Å². The standard InChI is InChI=1S/C17H9ClN2O3/c18-15-4-2-11-5-9(8-19)6-13(16(11)20-15)10-1-3-12(17(22)23)14(21)7-10/h1-7,21H,(H,22,23). The number of nitrogens with zero attached hydrogens (tertiary/aromatic N) is 2. The molecule has 0 aliphatic heterocycles. The van der Waals surface area contributed by atoms with Crippen LogP contribution in [0.1, 0.15) is 15.9 Å². The largest absolute Gasteiger partial charge is 0.507 e. The van der Waals surface area contributed by atoms with Crippen LogP contribution in [0, 0.1) is 11.3 Å². The molecule has 0 saturated carbocycles. The van der Waals surface area contributed by atoms with Crippen LogP contribution in [0.25, 0.3) is 22.0 Å². The highest BCUT2D eigenvalue weighted by Gasteiger charge is 2.13. The molecule has 0 aliphatic rings. The Balaban J connectivity index is 2.30. The number of aromatic carboxylic acids is 1. The van der Waals surface area contributed by atoms with Gasteiger partial charge in [-0.1, -0.05) is 17.7 Å². The Bertz CT molecular complexity index is 993. The number of hydrogen-bond donors (Lipinski definition) is 2. The summed E-state index contributed by atoms with van der Waals surface area (Å²) >= 11 is 5.95. The summed E-state index contributed by atoms with van der Waals surface area (Å²) in [4.78, 5) is 15.3. The smallest absolute Gasteiger partial charge is 0.339 e. The van der Waals surface area contributed by atoms with Gasteiger partial charge in [0.25, 0.3) is 0 Å². The summed E-state index contributed by atoms with van der Waals surface area (Å²) in [6, 6.07) is 13.0. The SMILES string of the molecule is N#Cc1cc(-c2ccc(C(=O)O)c(O)c2)c2nc(Cl)ccc2c1. The molecule has 112 valence electrons. The first-order valence-corrected chi connectivity index (χ1v) is 6.94. The summed E-state index contributed by atoms with van der Waals surface area (Å²) in [7, 11) is 0. The minimum absolute atomic E-state index is 0.194. The number of pyridine rings is 1. The minimum Gasteiger partial charge on any atom is -0.507 e. The number of hydrogen-bond acceptors (Lipinski definition) is 4. The molecule has 23 heavy (non-hydrogen) atoms. The van der Waals surface area contributed by atoms with Crippen molar-refractivity contribution in [1.29, 1.82) is 5.26 Å². The molecule has 1 aromatic heterocycles. The Kier molecular flexibility index (Phi) is 3.61. The molecule has 2 N–H and O–H groups in total. The highest BCUT2D eigenvalue weighted by Crippen LogP contribution is 2.32. The number of fused-ring (bicyclic) bond motifs is 1. The van der Waals surface area contributed by atoms with E-state index in [1.807, 2.05) is 0 Å². The predicted molar refractivity (Wildman–Crippen MR) is 85.5 cm³/mol. The fourth-order valence-corrected chi connectivity index (χ4v) is 2.52. The third-order valence-corrected chi connectivity index (χ3v) is 3.64. The van der Waals surface area contributed by atoms with Crippen LogP contribution in [0.4, 0.5) is 0 Å². The van der Waals surface area contributed by atoms with Gasteiger partial charge in [-0.05, 0) is 42.0 Å². The molecule has 0 spiro atoms. The lowest BCUT2D eigenvalue weighted by Crippen LogP contribution is -1.97. The van der Waals surface area contributed by atoms with Crippen LogP contribution in [0.5, 0.6) is 5.75 Å². The molecule has 0 atom stereocenters. The summed E-state index contributed by atoms with van der Waals surface area (Å²) in [5.41, 5.74) is 1.94. The molecule has 3 rings (SSSR count). The van der Waals surface area contributed by atoms with Gasteiger partial charge in [-0.2, -0.15) is 5.26 Å². The fourth-order valence-electron chi connectivity index (χ4n) is 2.38. The Morgan fingerprint density at radius 2 is 1.96 bits per heavy atom. The second-order valence-corrected chi connectivity index (χ2v) is 5.27. The molecule has 1 heterocycles. The van der Waals surface area contributed by atoms with Crippen LogP contribution in [0.2, 0.25) is 5.15 Å². The van der Waals surface area contributed by atoms with E-state index in [4.69, 9.17) is 16.7 Å². The number of carbonyl (C=O) groups is 1. The Labute approximate surface area is 136 Å². The zero-order valence-corrected chi connectivity index (χ0v) is 12.4. The van der Waals surface area contributed by atoms with Gasteiger partial charge in [0.1, 0.15) is 16.5 Å². The molecule has 0 saturated heterocycles. The molecule has 0 fully saturated rings. The maximum Gasteiger partial charge on any atom is 0.339 e. The average molecular weight is 325 g/mol. The van der Waals surface area contributed by atoms with Crippen LogP contribution in [0.15, 0.2) is 42.5 Å². The highest BCUT2D eigenvalue weighted by atomic mass is 35.5. The van der Waals surface area contributed by atoms with E-state index in [-0.39, 0.29) is 11.3 Å². The second-order valence-electron chi connectivity index (χ2n) is 4.88. The molecule has 0 amide bonds. The van der Waals surface area contributed by atoms with Crippen molar-refractivity contribution in [3.8, 4) is 22.9 Å². The van der Waals surface area contributed by atoms with E-state index in [1.54, 1.807) is 30.3 Å². The first kappa shape index (κ1) is 14.8. The van der Waals surface area contributed by atoms with Crippen molar-refractivity contribution in [3.05, 3.63) is 58.7 Å². The van der Waals surface area contributed by atoms with Crippen molar-refractivity contribution in [2.45, 2.75) is 0 Å². The molecule has 2 aromatic carbocycles. The van der Waals surface area contributed by atoms with Gasteiger partial charge in [-0.3, -0.25) is 0 Å². The Morgan fingerprint density at radius 1 is 1.17 bits per heavy atom. The van der Waals surface area contributed by atoms with Crippen molar-refractivity contribution in [3.63, 3.8) is 0 Å². The van der Waals surface area contributed by atoms with Crippen LogP contribution in [-0.2, 0) is 0 Å². The van der Waals surface area contributed by atoms with E-state index < -0.39 is 5.97 Å². The van der Waals surface area contributed by atoms with E-state index in [1.165, 1.54) is 12.1 Å². The first-order chi connectivity index (χ1) is 11.0. The monoisotopic (exact) mass is 324 g/mol. The number of benzene rings is 2. The van der Waals surface area contributed by atoms with Crippen LogP contribution in [0.3, 0.4) is 0 Å². The zero-order chi connectivity index (χ0) is 16.6. The van der Waals surface area contributed by atoms with E-state index >= 15 is 0 Å². The van der Waals surface area contributed by atoms with Gasteiger partial charge in [-0.15, -0.1) is 0 Å². The Hall–Kier alpha value is -3.10. The number of carboxylic acids is 1. The molecule has 0 unspecified atom stereocenters. The number of carboxylic acid groups (broad SMARTS) is 1. The second kappa shape index (κ2) is 5.59. The van der Waals surface area contributed by atoms with Crippen molar-refractivity contribution in [1.82, 2.24) is 4.98 Å². The van der Waals surface area contributed by atoms with Crippen molar-refractivity contribution >= 4 is 28.5 Å². The van der Waals surface area contributed by atoms with E-state index in [2.05, 4.69) is 11.1 Å². The zero-order valence-electron chi connectivity index (χ0n) is 11.6. The normalized spacial score (nSPS) is 10.4. The summed E-state index contributed by atoms with van der Waals surface area (Å²) in [6.07, 6.45) is 0. The summed E-state index contributed by atoms with van der Waals surface area (Å²) < 4.78 is 0. The fraction of sp³-hybridized carbons (Fsp3) is 0. The molecule has 6 heteroatoms. The van der Waals surface area contributed by atoms with Crippen LogP contribution in [-0.4, -0.2) is 21.2 Å². The summed E-state index contributed by atoms with van der Waals surface area (Å²) in [6.45, 7) is 0. The molecular weight excluding hydrogens is 316 g/mol. The highest BCUT2D eigenvalue weighted by molar-refractivity contribution is 6.29. The van der Waals surface area contributed by atoms with Gasteiger partial charge in [0, 0.05) is 10.9 Å². The minimum atomic E-state index is -1.22. The van der Waals surface area contributed by atoms with E-state index in [0.29, 0.717) is 27.4 Å². The van der Waals surface area contributed by atoms with Gasteiger partial charge in [0.2, 0.25) is 0 Å². The number of nitriles is 1. The number of aromatic hydroxyl groups is 1. The van der Waals surface area contributed by atoms with Crippen molar-refractivity contribution < 1.29 is 15.0 Å². The van der Waals surface area contributed by atoms with Crippen LogP contribution >= 0.6 is 11.6 Å². The van der Waals surface area contributed by atoms with Gasteiger partial charge >= 0.3 is 5.97 Å². The first-order valence-electron chi connectivity index (χ1n) is 6.56. The number of rotatable bonds is 2. The number of halogens is 1. The number of aromatic nitrogens is 1. The van der Waals surface area contributed by atoms with E-state index in [0.717, 1.165) is 5.39 Å². The Morgan fingerprint density at radius 3 is 2.61 bits per heavy atom. The summed E-state index contributed by atoms with van der Waals surface area (Å²) in [5.74, 6) is -1.57. The lowest BCUT2D eigenvalue weighted by atomic mass is 9.98. The maximum absolute atomic E-state index is 11.0. The average Bonchev–Trinajstić information content (AvgIpc) is 2.53. The van der Waals surface area contributed by atoms with Gasteiger partial charge < -0.3 is 10.2 Å². The van der Waals surface area contributed by atoms with E-state index in [9.17, 15) is 15.2 Å². The third kappa shape index (κ3) is 2.68. The van der Waals surface area contributed by atoms with Crippen molar-refractivity contribution in [2.24, 2.45) is 0 Å². The molecule has 0 bridgehead atoms. The molecule has 3 aromatic rings. The predicted octanol–water partition coefficient (Wildman–Crippen LogP) is 3.83. The lowest BCUT2D eigenvalue weighted by molar-refractivity contribution is 0.0694. The van der Waals surface area contributed by atoms with Gasteiger partial charge in [0.05, 0.1) is 17.1 Å². The molecule has 0 aliphatic carbocycles. The summed E-state index contributed by atoms with van der Waals surface area (Å²) in [5, 5.41) is 29.1. The van der Waals surface area contributed by atoms with Gasteiger partial charge in [0.15, 0.2) is 0 Å². The quantitative estimate of drug-likeness (QED) is 0.698. The maximum atomic E-state index is 11.0. The molecular formula is C17H9ClN2O3. The molecule has 5 nitrogen and oxygen atoms in total. The third-order valence-electron chi connectivity index (χ3n) is 3.43. The molecule has 0 radical (unpaired) electrons. The van der Waals surface area contributed by atoms with Crippen LogP contribution < -0.4 is 0 Å². The van der Waals surface area contributed by atoms with Gasteiger partial charge in [-0.25, -0.2) is 9.78 Å².